The van der Waals surface area contributed by atoms with E-state index in [-0.39, 0.29) is 5.78 Å². The van der Waals surface area contributed by atoms with E-state index in [2.05, 4.69) is 18.7 Å². The molecule has 0 bridgehead atoms. The van der Waals surface area contributed by atoms with Crippen LogP contribution in [0, 0.1) is 0 Å². The van der Waals surface area contributed by atoms with Crippen LogP contribution in [0.4, 0.5) is 0 Å². The quantitative estimate of drug-likeness (QED) is 0.188. The summed E-state index contributed by atoms with van der Waals surface area (Å²) in [7, 11) is 0. The molecule has 0 N–H and O–H groups in total. The zero-order chi connectivity index (χ0) is 21.4. The summed E-state index contributed by atoms with van der Waals surface area (Å²) in [5.74, 6) is 0.831. The minimum atomic E-state index is 0.00431. The van der Waals surface area contributed by atoms with Crippen molar-refractivity contribution in [2.75, 3.05) is 26.2 Å². The van der Waals surface area contributed by atoms with Crippen molar-refractivity contribution in [3.8, 4) is 5.75 Å². The van der Waals surface area contributed by atoms with Crippen LogP contribution >= 0.6 is 0 Å². The number of ether oxygens (including phenoxy) is 1. The maximum Gasteiger partial charge on any atom is 0.185 e. The lowest BCUT2D eigenvalue weighted by Gasteiger charge is -2.21. The first kappa shape index (κ1) is 23.9. The van der Waals surface area contributed by atoms with Gasteiger partial charge in [-0.15, -0.1) is 0 Å². The van der Waals surface area contributed by atoms with Gasteiger partial charge in [0.05, 0.1) is 6.61 Å². The highest BCUT2D eigenvalue weighted by molar-refractivity contribution is 6.06. The van der Waals surface area contributed by atoms with E-state index < -0.39 is 0 Å². The van der Waals surface area contributed by atoms with Gasteiger partial charge in [-0.2, -0.15) is 0 Å². The van der Waals surface area contributed by atoms with Crippen molar-refractivity contribution < 1.29 is 9.53 Å². The second-order valence-corrected chi connectivity index (χ2v) is 7.74. The van der Waals surface area contributed by atoms with E-state index in [1.807, 2.05) is 60.7 Å². The second kappa shape index (κ2) is 14.6. The average Bonchev–Trinajstić information content (AvgIpc) is 2.79. The third-order valence-electron chi connectivity index (χ3n) is 5.16. The van der Waals surface area contributed by atoms with Crippen molar-refractivity contribution in [3.63, 3.8) is 0 Å². The third-order valence-corrected chi connectivity index (χ3v) is 5.16. The summed E-state index contributed by atoms with van der Waals surface area (Å²) in [6.45, 7) is 8.81. The van der Waals surface area contributed by atoms with Gasteiger partial charge in [0, 0.05) is 5.56 Å². The molecule has 0 aromatic heterocycles. The first-order valence-electron chi connectivity index (χ1n) is 11.5. The fraction of sp³-hybridized carbons (Fsp3) is 0.444. The summed E-state index contributed by atoms with van der Waals surface area (Å²) in [4.78, 5) is 14.9. The van der Waals surface area contributed by atoms with E-state index in [9.17, 15) is 4.79 Å². The van der Waals surface area contributed by atoms with Crippen LogP contribution in [0.2, 0.25) is 0 Å². The van der Waals surface area contributed by atoms with E-state index in [1.165, 1.54) is 38.8 Å². The predicted molar refractivity (Wildman–Crippen MR) is 127 cm³/mol. The molecule has 2 aromatic rings. The number of nitrogens with zero attached hydrogens (tertiary/aromatic N) is 1. The molecule has 0 saturated heterocycles. The monoisotopic (exact) mass is 407 g/mol. The van der Waals surface area contributed by atoms with Crippen molar-refractivity contribution in [2.45, 2.75) is 52.4 Å². The normalized spacial score (nSPS) is 11.3. The van der Waals surface area contributed by atoms with Gasteiger partial charge in [-0.1, -0.05) is 63.1 Å². The van der Waals surface area contributed by atoms with Gasteiger partial charge in [0.25, 0.3) is 0 Å². The van der Waals surface area contributed by atoms with Crippen LogP contribution in [0.5, 0.6) is 5.75 Å². The van der Waals surface area contributed by atoms with Crippen LogP contribution in [0.3, 0.4) is 0 Å². The van der Waals surface area contributed by atoms with Crippen LogP contribution in [0.25, 0.3) is 6.08 Å². The Morgan fingerprint density at radius 1 is 0.833 bits per heavy atom. The molecule has 0 radical (unpaired) electrons. The molecule has 0 fully saturated rings. The molecule has 0 aliphatic rings. The largest absolute Gasteiger partial charge is 0.494 e. The zero-order valence-corrected chi connectivity index (χ0v) is 18.7. The fourth-order valence-corrected chi connectivity index (χ4v) is 3.27. The van der Waals surface area contributed by atoms with Gasteiger partial charge >= 0.3 is 0 Å². The van der Waals surface area contributed by atoms with Crippen LogP contribution in [-0.4, -0.2) is 36.9 Å². The van der Waals surface area contributed by atoms with Crippen molar-refractivity contribution in [3.05, 3.63) is 71.8 Å². The number of hydrogen-bond acceptors (Lipinski definition) is 3. The highest BCUT2D eigenvalue weighted by Gasteiger charge is 2.05. The molecule has 0 heterocycles. The SMILES string of the molecule is CCCCN(CCCC)CCCCOc1ccc(C(=O)/C=C/c2ccccc2)cc1. The third kappa shape index (κ3) is 9.41. The summed E-state index contributed by atoms with van der Waals surface area (Å²) >= 11 is 0. The van der Waals surface area contributed by atoms with Gasteiger partial charge in [0.15, 0.2) is 5.78 Å². The molecule has 2 aromatic carbocycles. The minimum Gasteiger partial charge on any atom is -0.494 e. The van der Waals surface area contributed by atoms with Crippen molar-refractivity contribution in [2.24, 2.45) is 0 Å². The van der Waals surface area contributed by atoms with Gasteiger partial charge in [-0.3, -0.25) is 4.79 Å². The molecule has 0 saturated carbocycles. The van der Waals surface area contributed by atoms with E-state index in [1.54, 1.807) is 6.08 Å². The Balaban J connectivity index is 1.70. The van der Waals surface area contributed by atoms with Crippen molar-refractivity contribution in [1.29, 1.82) is 0 Å². The van der Waals surface area contributed by atoms with Crippen LogP contribution in [0.1, 0.15) is 68.3 Å². The van der Waals surface area contributed by atoms with Gasteiger partial charge in [0.2, 0.25) is 0 Å². The maximum atomic E-state index is 12.3. The molecule has 2 rings (SSSR count). The topological polar surface area (TPSA) is 29.5 Å². The summed E-state index contributed by atoms with van der Waals surface area (Å²) in [6, 6.07) is 17.3. The minimum absolute atomic E-state index is 0.00431. The first-order valence-corrected chi connectivity index (χ1v) is 11.5. The van der Waals surface area contributed by atoms with E-state index in [0.29, 0.717) is 5.56 Å². The molecule has 0 unspecified atom stereocenters. The number of ketones is 1. The number of hydrogen-bond donors (Lipinski definition) is 0. The molecule has 3 heteroatoms. The average molecular weight is 408 g/mol. The Kier molecular flexibility index (Phi) is 11.6. The Bertz CT molecular complexity index is 729. The standard InChI is InChI=1S/C27H37NO2/c1-3-5-20-28(21-6-4-2)22-10-11-23-30-26-17-15-25(16-18-26)27(29)19-14-24-12-8-7-9-13-24/h7-9,12-19H,3-6,10-11,20-23H2,1-2H3/b19-14+. The van der Waals surface area contributed by atoms with Gasteiger partial charge < -0.3 is 9.64 Å². The van der Waals surface area contributed by atoms with Crippen LogP contribution < -0.4 is 4.74 Å². The van der Waals surface area contributed by atoms with E-state index in [0.717, 1.165) is 37.3 Å². The Labute approximate surface area is 182 Å². The molecule has 162 valence electrons. The van der Waals surface area contributed by atoms with Crippen LogP contribution in [-0.2, 0) is 0 Å². The Hall–Kier alpha value is -2.39. The zero-order valence-electron chi connectivity index (χ0n) is 18.7. The molecule has 3 nitrogen and oxygen atoms in total. The predicted octanol–water partition coefficient (Wildman–Crippen LogP) is 6.64. The highest BCUT2D eigenvalue weighted by atomic mass is 16.5. The van der Waals surface area contributed by atoms with Crippen molar-refractivity contribution >= 4 is 11.9 Å². The maximum absolute atomic E-state index is 12.3. The van der Waals surface area contributed by atoms with E-state index in [4.69, 9.17) is 4.74 Å². The van der Waals surface area contributed by atoms with Crippen LogP contribution in [0.15, 0.2) is 60.7 Å². The summed E-state index contributed by atoms with van der Waals surface area (Å²) in [6.07, 6.45) is 10.8. The molecule has 0 atom stereocenters. The lowest BCUT2D eigenvalue weighted by atomic mass is 10.1. The van der Waals surface area contributed by atoms with Crippen molar-refractivity contribution in [1.82, 2.24) is 4.90 Å². The summed E-state index contributed by atoms with van der Waals surface area (Å²) in [5.41, 5.74) is 1.70. The van der Waals surface area contributed by atoms with Gasteiger partial charge in [-0.25, -0.2) is 0 Å². The molecule has 0 aliphatic heterocycles. The number of allylic oxidation sites excluding steroid dienone is 1. The molecule has 0 amide bonds. The smallest absolute Gasteiger partial charge is 0.185 e. The highest BCUT2D eigenvalue weighted by Crippen LogP contribution is 2.14. The lowest BCUT2D eigenvalue weighted by Crippen LogP contribution is -2.27. The molecular formula is C27H37NO2. The lowest BCUT2D eigenvalue weighted by molar-refractivity contribution is 0.104. The Morgan fingerprint density at radius 3 is 2.10 bits per heavy atom. The number of carbonyl (C=O) groups excluding carboxylic acids is 1. The fourth-order valence-electron chi connectivity index (χ4n) is 3.27. The molecule has 0 aliphatic carbocycles. The summed E-state index contributed by atoms with van der Waals surface area (Å²) in [5, 5.41) is 0. The molecule has 0 spiro atoms. The number of rotatable bonds is 15. The summed E-state index contributed by atoms with van der Waals surface area (Å²) < 4.78 is 5.87. The van der Waals surface area contributed by atoms with Gasteiger partial charge in [0.1, 0.15) is 5.75 Å². The Morgan fingerprint density at radius 2 is 1.47 bits per heavy atom. The first-order chi connectivity index (χ1) is 14.7. The van der Waals surface area contributed by atoms with Gasteiger partial charge in [-0.05, 0) is 81.2 Å². The number of benzene rings is 2. The molecule has 30 heavy (non-hydrogen) atoms. The number of carbonyl (C=O) groups is 1. The second-order valence-electron chi connectivity index (χ2n) is 7.74. The van der Waals surface area contributed by atoms with E-state index >= 15 is 0 Å². The number of unbranched alkanes of at least 4 members (excludes halogenated alkanes) is 3. The molecular weight excluding hydrogens is 370 g/mol.